The van der Waals surface area contributed by atoms with Crippen molar-refractivity contribution in [1.82, 2.24) is 0 Å². The molecule has 0 aromatic rings. The molecule has 0 fully saturated rings. The molecule has 0 spiro atoms. The van der Waals surface area contributed by atoms with E-state index in [-0.39, 0.29) is 13.0 Å². The molecule has 0 aliphatic carbocycles. The second-order valence-electron chi connectivity index (χ2n) is 3.54. The Labute approximate surface area is 101 Å². The highest BCUT2D eigenvalue weighted by molar-refractivity contribution is 5.74. The van der Waals surface area contributed by atoms with Crippen LogP contribution in [0.4, 0.5) is 22.0 Å². The maximum Gasteiger partial charge on any atom is 0.455 e. The normalized spacial score (nSPS) is 14.4. The van der Waals surface area contributed by atoms with Crippen molar-refractivity contribution in [3.8, 4) is 0 Å². The van der Waals surface area contributed by atoms with Crippen molar-refractivity contribution in [2.75, 3.05) is 13.2 Å². The molecule has 0 radical (unpaired) electrons. The summed E-state index contributed by atoms with van der Waals surface area (Å²) in [5.41, 5.74) is 0. The van der Waals surface area contributed by atoms with Gasteiger partial charge in [0.15, 0.2) is 6.10 Å². The number of hydrogen-bond donors (Lipinski definition) is 0. The zero-order valence-corrected chi connectivity index (χ0v) is 10.0. The summed E-state index contributed by atoms with van der Waals surface area (Å²) in [6.07, 6.45) is -6.69. The maximum atomic E-state index is 12.6. The molecule has 8 heteroatoms. The summed E-state index contributed by atoms with van der Waals surface area (Å²) in [4.78, 5) is 11.2. The Morgan fingerprint density at radius 2 is 1.72 bits per heavy atom. The second kappa shape index (κ2) is 6.86. The van der Waals surface area contributed by atoms with Gasteiger partial charge in [-0.1, -0.05) is 13.3 Å². The van der Waals surface area contributed by atoms with Gasteiger partial charge in [0, 0.05) is 0 Å². The minimum absolute atomic E-state index is 0.00191. The number of esters is 1. The number of ether oxygens (including phenoxy) is 2. The Hall–Kier alpha value is -0.920. The van der Waals surface area contributed by atoms with E-state index in [1.165, 1.54) is 6.92 Å². The van der Waals surface area contributed by atoms with Crippen LogP contribution in [-0.4, -0.2) is 37.4 Å². The van der Waals surface area contributed by atoms with E-state index in [4.69, 9.17) is 0 Å². The van der Waals surface area contributed by atoms with Gasteiger partial charge in [0.05, 0.1) is 6.61 Å². The highest BCUT2D eigenvalue weighted by atomic mass is 19.4. The van der Waals surface area contributed by atoms with Gasteiger partial charge < -0.3 is 9.47 Å². The van der Waals surface area contributed by atoms with Crippen molar-refractivity contribution in [3.63, 3.8) is 0 Å². The Balaban J connectivity index is 4.48. The Morgan fingerprint density at radius 1 is 1.17 bits per heavy atom. The van der Waals surface area contributed by atoms with Gasteiger partial charge in [-0.05, 0) is 13.3 Å². The molecule has 0 aliphatic rings. The molecule has 0 bridgehead atoms. The molecule has 1 unspecified atom stereocenters. The van der Waals surface area contributed by atoms with E-state index >= 15 is 0 Å². The van der Waals surface area contributed by atoms with E-state index in [0.717, 1.165) is 0 Å². The van der Waals surface area contributed by atoms with Crippen molar-refractivity contribution in [3.05, 3.63) is 0 Å². The van der Waals surface area contributed by atoms with Crippen molar-refractivity contribution in [2.45, 2.75) is 44.9 Å². The number of rotatable bonds is 7. The SMILES string of the molecule is CCCC(OCC(F)(F)C(F)(F)F)C(=O)OCC. The van der Waals surface area contributed by atoms with Crippen LogP contribution in [0.1, 0.15) is 26.7 Å². The molecule has 0 heterocycles. The summed E-state index contributed by atoms with van der Waals surface area (Å²) >= 11 is 0. The highest BCUT2D eigenvalue weighted by Crippen LogP contribution is 2.35. The van der Waals surface area contributed by atoms with E-state index in [1.807, 2.05) is 0 Å². The van der Waals surface area contributed by atoms with Crippen molar-refractivity contribution < 1.29 is 36.2 Å². The summed E-state index contributed by atoms with van der Waals surface area (Å²) in [6, 6.07) is 0. The molecule has 0 amide bonds. The average molecular weight is 278 g/mol. The largest absolute Gasteiger partial charge is 0.464 e. The van der Waals surface area contributed by atoms with Gasteiger partial charge >= 0.3 is 18.1 Å². The summed E-state index contributed by atoms with van der Waals surface area (Å²) < 4.78 is 69.6. The number of alkyl halides is 5. The second-order valence-corrected chi connectivity index (χ2v) is 3.54. The first-order valence-corrected chi connectivity index (χ1v) is 5.38. The van der Waals surface area contributed by atoms with Gasteiger partial charge in [-0.15, -0.1) is 0 Å². The van der Waals surface area contributed by atoms with Crippen LogP contribution in [0, 0.1) is 0 Å². The first-order chi connectivity index (χ1) is 8.15. The van der Waals surface area contributed by atoms with Crippen LogP contribution in [0.2, 0.25) is 0 Å². The molecule has 0 aromatic carbocycles. The van der Waals surface area contributed by atoms with Gasteiger partial charge in [0.25, 0.3) is 0 Å². The van der Waals surface area contributed by atoms with Crippen LogP contribution >= 0.6 is 0 Å². The van der Waals surface area contributed by atoms with Crippen LogP contribution in [0.25, 0.3) is 0 Å². The van der Waals surface area contributed by atoms with Crippen LogP contribution in [0.3, 0.4) is 0 Å². The summed E-state index contributed by atoms with van der Waals surface area (Å²) in [6.45, 7) is 1.24. The van der Waals surface area contributed by atoms with Crippen molar-refractivity contribution in [1.29, 1.82) is 0 Å². The fraction of sp³-hybridized carbons (Fsp3) is 0.900. The van der Waals surface area contributed by atoms with E-state index in [2.05, 4.69) is 9.47 Å². The van der Waals surface area contributed by atoms with Crippen molar-refractivity contribution >= 4 is 5.97 Å². The van der Waals surface area contributed by atoms with E-state index in [0.29, 0.717) is 6.42 Å². The lowest BCUT2D eigenvalue weighted by molar-refractivity contribution is -0.299. The fourth-order valence-electron chi connectivity index (χ4n) is 1.05. The summed E-state index contributed by atoms with van der Waals surface area (Å²) in [5.74, 6) is -5.91. The first-order valence-electron chi connectivity index (χ1n) is 5.38. The van der Waals surface area contributed by atoms with E-state index in [1.54, 1.807) is 6.92 Å². The van der Waals surface area contributed by atoms with Gasteiger partial charge in [0.1, 0.15) is 6.61 Å². The summed E-state index contributed by atoms with van der Waals surface area (Å²) in [5, 5.41) is 0. The van der Waals surface area contributed by atoms with E-state index in [9.17, 15) is 26.7 Å². The maximum absolute atomic E-state index is 12.6. The Morgan fingerprint density at radius 3 is 2.11 bits per heavy atom. The topological polar surface area (TPSA) is 35.5 Å². The smallest absolute Gasteiger partial charge is 0.455 e. The lowest BCUT2D eigenvalue weighted by Gasteiger charge is -2.22. The molecule has 18 heavy (non-hydrogen) atoms. The Bertz CT molecular complexity index is 265. The number of hydrogen-bond acceptors (Lipinski definition) is 3. The molecule has 0 saturated heterocycles. The third-order valence-electron chi connectivity index (χ3n) is 1.98. The lowest BCUT2D eigenvalue weighted by atomic mass is 10.2. The third kappa shape index (κ3) is 5.16. The Kier molecular flexibility index (Phi) is 6.51. The summed E-state index contributed by atoms with van der Waals surface area (Å²) in [7, 11) is 0. The molecule has 0 rings (SSSR count). The van der Waals surface area contributed by atoms with Crippen LogP contribution in [0.5, 0.6) is 0 Å². The van der Waals surface area contributed by atoms with Gasteiger partial charge in [-0.25, -0.2) is 4.79 Å². The zero-order valence-electron chi connectivity index (χ0n) is 10.0. The predicted molar refractivity (Wildman–Crippen MR) is 52.3 cm³/mol. The molecule has 0 N–H and O–H groups in total. The first kappa shape index (κ1) is 17.1. The molecular weight excluding hydrogens is 263 g/mol. The van der Waals surface area contributed by atoms with E-state index < -0.39 is 30.8 Å². The van der Waals surface area contributed by atoms with Gasteiger partial charge in [-0.3, -0.25) is 0 Å². The number of halogens is 5. The highest BCUT2D eigenvalue weighted by Gasteiger charge is 2.58. The monoisotopic (exact) mass is 278 g/mol. The van der Waals surface area contributed by atoms with Gasteiger partial charge in [-0.2, -0.15) is 22.0 Å². The van der Waals surface area contributed by atoms with Crippen LogP contribution in [-0.2, 0) is 14.3 Å². The molecule has 0 saturated carbocycles. The van der Waals surface area contributed by atoms with Crippen LogP contribution in [0.15, 0.2) is 0 Å². The fourth-order valence-corrected chi connectivity index (χ4v) is 1.05. The predicted octanol–water partition coefficient (Wildman–Crippen LogP) is 2.93. The minimum atomic E-state index is -5.70. The molecular formula is C10H15F5O3. The number of carbonyl (C=O) groups excluding carboxylic acids is 1. The average Bonchev–Trinajstić information content (AvgIpc) is 2.22. The van der Waals surface area contributed by atoms with Gasteiger partial charge in [0.2, 0.25) is 0 Å². The molecule has 3 nitrogen and oxygen atoms in total. The zero-order chi connectivity index (χ0) is 14.4. The molecule has 0 aliphatic heterocycles. The van der Waals surface area contributed by atoms with Crippen molar-refractivity contribution in [2.24, 2.45) is 0 Å². The quantitative estimate of drug-likeness (QED) is 0.530. The minimum Gasteiger partial charge on any atom is -0.464 e. The standard InChI is InChI=1S/C10H15F5O3/c1-3-5-7(8(16)17-4-2)18-6-9(11,12)10(13,14)15/h7H,3-6H2,1-2H3. The molecule has 1 atom stereocenters. The lowest BCUT2D eigenvalue weighted by Crippen LogP contribution is -2.43. The molecule has 0 aromatic heterocycles. The molecule has 108 valence electrons. The number of carbonyl (C=O) groups is 1. The third-order valence-corrected chi connectivity index (χ3v) is 1.98. The van der Waals surface area contributed by atoms with Crippen LogP contribution < -0.4 is 0 Å².